The molecule has 0 aliphatic heterocycles. The molecule has 0 aromatic carbocycles. The summed E-state index contributed by atoms with van der Waals surface area (Å²) in [5.41, 5.74) is 0. The van der Waals surface area contributed by atoms with Crippen molar-refractivity contribution in [2.24, 2.45) is 71.0 Å². The lowest BCUT2D eigenvalue weighted by atomic mass is 9.53. The summed E-state index contributed by atoms with van der Waals surface area (Å²) in [7, 11) is 0. The molecule has 6 aliphatic rings. The Hall–Kier alpha value is -1.32. The summed E-state index contributed by atoms with van der Waals surface area (Å²) in [6.45, 7) is 8.98. The summed E-state index contributed by atoms with van der Waals surface area (Å²) in [6.07, 6.45) is 12.0. The summed E-state index contributed by atoms with van der Waals surface area (Å²) in [5, 5.41) is 0. The number of rotatable bonds is 0. The van der Waals surface area contributed by atoms with Crippen LogP contribution < -0.4 is 0 Å². The minimum absolute atomic E-state index is 0.0903. The molecule has 0 aromatic rings. The van der Waals surface area contributed by atoms with Crippen molar-refractivity contribution >= 4 is 23.1 Å². The van der Waals surface area contributed by atoms with Crippen LogP contribution in [0, 0.1) is 71.0 Å². The van der Waals surface area contributed by atoms with Crippen LogP contribution in [0.1, 0.15) is 105 Å². The Morgan fingerprint density at radius 3 is 1.28 bits per heavy atom. The Bertz CT molecular complexity index is 819. The van der Waals surface area contributed by atoms with Crippen LogP contribution in [0.15, 0.2) is 0 Å². The van der Waals surface area contributed by atoms with E-state index >= 15 is 0 Å². The average Bonchev–Trinajstić information content (AvgIpc) is 2.80. The maximum absolute atomic E-state index is 12.4. The minimum atomic E-state index is 0.0903. The predicted molar refractivity (Wildman–Crippen MR) is 140 cm³/mol. The fourth-order valence-electron chi connectivity index (χ4n) is 10.2. The van der Waals surface area contributed by atoms with Gasteiger partial charge < -0.3 is 0 Å². The monoisotopic (exact) mass is 496 g/mol. The van der Waals surface area contributed by atoms with Crippen LogP contribution in [0.4, 0.5) is 0 Å². The summed E-state index contributed by atoms with van der Waals surface area (Å²) in [6, 6.07) is 0. The standard InChI is InChI=1S/2C16H24O2/c2*1-9-6-11-8-10(2)12-4-3-5-13(17)16(12)15(11)14(18)7-9/h2*9-12,15-16H,3-8H2,1-2H3/t2*9-,10-,11-,12-,15-,16-/m11/s1. The molecule has 0 saturated heterocycles. The summed E-state index contributed by atoms with van der Waals surface area (Å²) in [5.74, 6) is 6.30. The Morgan fingerprint density at radius 2 is 0.889 bits per heavy atom. The van der Waals surface area contributed by atoms with Gasteiger partial charge in [-0.25, -0.2) is 0 Å². The topological polar surface area (TPSA) is 68.3 Å². The molecule has 6 saturated carbocycles. The Morgan fingerprint density at radius 1 is 0.500 bits per heavy atom. The molecule has 0 bridgehead atoms. The van der Waals surface area contributed by atoms with Crippen LogP contribution >= 0.6 is 0 Å². The highest BCUT2D eigenvalue weighted by Crippen LogP contribution is 2.53. The number of Topliss-reactive ketones (excluding diaryl/α,β-unsaturated/α-hetero) is 4. The minimum Gasteiger partial charge on any atom is -0.299 e. The van der Waals surface area contributed by atoms with Gasteiger partial charge in [-0.3, -0.25) is 19.2 Å². The van der Waals surface area contributed by atoms with Crippen molar-refractivity contribution in [3.05, 3.63) is 0 Å². The van der Waals surface area contributed by atoms with E-state index in [0.717, 1.165) is 38.5 Å². The molecular formula is C32H48O4. The summed E-state index contributed by atoms with van der Waals surface area (Å²) < 4.78 is 0. The van der Waals surface area contributed by atoms with E-state index in [1.165, 1.54) is 25.7 Å². The lowest BCUT2D eigenvalue weighted by Crippen LogP contribution is -2.50. The van der Waals surface area contributed by atoms with Gasteiger partial charge in [0.2, 0.25) is 0 Å². The molecule has 4 heteroatoms. The molecule has 4 nitrogen and oxygen atoms in total. The van der Waals surface area contributed by atoms with Crippen LogP contribution in [0.2, 0.25) is 0 Å². The predicted octanol–water partition coefficient (Wildman–Crippen LogP) is 6.49. The van der Waals surface area contributed by atoms with Crippen molar-refractivity contribution in [3.8, 4) is 0 Å². The second kappa shape index (κ2) is 10.4. The van der Waals surface area contributed by atoms with Gasteiger partial charge in [0.25, 0.3) is 0 Å². The molecule has 0 spiro atoms. The fourth-order valence-corrected chi connectivity index (χ4v) is 10.2. The maximum atomic E-state index is 12.4. The molecule has 36 heavy (non-hydrogen) atoms. The van der Waals surface area contributed by atoms with Crippen molar-refractivity contribution in [2.75, 3.05) is 0 Å². The SMILES string of the molecule is C[C@H]1CC(=O)[C@H]2[C@H](C1)C[C@@H](C)[C@H]1CCCC(=O)[C@@H]12.C[C@H]1CC(=O)[C@H]2[C@H](C1)C[C@@H](C)[C@H]1CCCC(=O)[C@@H]12. The zero-order valence-electron chi connectivity index (χ0n) is 23.0. The van der Waals surface area contributed by atoms with Gasteiger partial charge in [0, 0.05) is 49.4 Å². The van der Waals surface area contributed by atoms with Crippen LogP contribution in [0.5, 0.6) is 0 Å². The van der Waals surface area contributed by atoms with Crippen molar-refractivity contribution in [1.29, 1.82) is 0 Å². The second-order valence-corrected chi connectivity index (χ2v) is 14.1. The number of carbonyl (C=O) groups excluding carboxylic acids is 4. The van der Waals surface area contributed by atoms with Crippen LogP contribution in [0.25, 0.3) is 0 Å². The average molecular weight is 497 g/mol. The van der Waals surface area contributed by atoms with E-state index in [2.05, 4.69) is 27.7 Å². The van der Waals surface area contributed by atoms with E-state index in [4.69, 9.17) is 0 Å². The maximum Gasteiger partial charge on any atom is 0.137 e. The summed E-state index contributed by atoms with van der Waals surface area (Å²) in [4.78, 5) is 49.4. The third kappa shape index (κ3) is 4.80. The lowest BCUT2D eigenvalue weighted by Gasteiger charge is -2.50. The first-order chi connectivity index (χ1) is 17.2. The van der Waals surface area contributed by atoms with Crippen LogP contribution in [-0.2, 0) is 19.2 Å². The molecule has 0 heterocycles. The second-order valence-electron chi connectivity index (χ2n) is 14.1. The van der Waals surface area contributed by atoms with Gasteiger partial charge in [-0.15, -0.1) is 0 Å². The molecular weight excluding hydrogens is 448 g/mol. The molecule has 0 aromatic heterocycles. The van der Waals surface area contributed by atoms with E-state index < -0.39 is 0 Å². The molecule has 6 fully saturated rings. The van der Waals surface area contributed by atoms with E-state index in [1.807, 2.05) is 0 Å². The Kier molecular flexibility index (Phi) is 7.63. The molecule has 12 atom stereocenters. The van der Waals surface area contributed by atoms with Crippen LogP contribution in [-0.4, -0.2) is 23.1 Å². The number of fused-ring (bicyclic) bond motifs is 6. The lowest BCUT2D eigenvalue weighted by molar-refractivity contribution is -0.148. The van der Waals surface area contributed by atoms with Gasteiger partial charge in [0.1, 0.15) is 23.1 Å². The van der Waals surface area contributed by atoms with Crippen molar-refractivity contribution in [2.45, 2.75) is 105 Å². The van der Waals surface area contributed by atoms with Gasteiger partial charge in [-0.05, 0) is 98.7 Å². The first-order valence-electron chi connectivity index (χ1n) is 15.3. The molecule has 0 radical (unpaired) electrons. The van der Waals surface area contributed by atoms with Gasteiger partial charge in [0.15, 0.2) is 0 Å². The molecule has 6 aliphatic carbocycles. The van der Waals surface area contributed by atoms with Gasteiger partial charge in [-0.1, -0.05) is 27.7 Å². The van der Waals surface area contributed by atoms with Gasteiger partial charge in [-0.2, -0.15) is 0 Å². The Balaban J connectivity index is 0.000000148. The molecule has 0 unspecified atom stereocenters. The normalized spacial score (nSPS) is 48.6. The van der Waals surface area contributed by atoms with E-state index in [1.54, 1.807) is 0 Å². The number of ketones is 4. The van der Waals surface area contributed by atoms with E-state index in [9.17, 15) is 19.2 Å². The quantitative estimate of drug-likeness (QED) is 0.385. The first-order valence-corrected chi connectivity index (χ1v) is 15.3. The van der Waals surface area contributed by atoms with Gasteiger partial charge in [0.05, 0.1) is 0 Å². The number of hydrogen-bond donors (Lipinski definition) is 0. The molecule has 200 valence electrons. The first kappa shape index (κ1) is 26.3. The number of hydrogen-bond acceptors (Lipinski definition) is 4. The third-order valence-corrected chi connectivity index (χ3v) is 11.4. The molecule has 6 rings (SSSR count). The third-order valence-electron chi connectivity index (χ3n) is 11.4. The molecule has 0 amide bonds. The Labute approximate surface area is 218 Å². The van der Waals surface area contributed by atoms with Crippen molar-refractivity contribution in [1.82, 2.24) is 0 Å². The zero-order valence-corrected chi connectivity index (χ0v) is 23.0. The number of carbonyl (C=O) groups is 4. The largest absolute Gasteiger partial charge is 0.299 e. The fraction of sp³-hybridized carbons (Fsp3) is 0.875. The van der Waals surface area contributed by atoms with E-state index in [-0.39, 0.29) is 23.7 Å². The summed E-state index contributed by atoms with van der Waals surface area (Å²) >= 11 is 0. The highest BCUT2D eigenvalue weighted by Gasteiger charge is 2.53. The van der Waals surface area contributed by atoms with E-state index in [0.29, 0.717) is 83.3 Å². The highest BCUT2D eigenvalue weighted by atomic mass is 16.1. The van der Waals surface area contributed by atoms with Crippen molar-refractivity contribution in [3.63, 3.8) is 0 Å². The van der Waals surface area contributed by atoms with Gasteiger partial charge >= 0.3 is 0 Å². The molecule has 0 N–H and O–H groups in total. The smallest absolute Gasteiger partial charge is 0.137 e. The van der Waals surface area contributed by atoms with Crippen molar-refractivity contribution < 1.29 is 19.2 Å². The zero-order chi connectivity index (χ0) is 25.7. The highest BCUT2D eigenvalue weighted by molar-refractivity contribution is 5.92. The van der Waals surface area contributed by atoms with Crippen LogP contribution in [0.3, 0.4) is 0 Å².